The van der Waals surface area contributed by atoms with E-state index < -0.39 is 0 Å². The lowest BCUT2D eigenvalue weighted by atomic mass is 10.1. The van der Waals surface area contributed by atoms with Crippen LogP contribution in [0, 0.1) is 12.7 Å². The Kier molecular flexibility index (Phi) is 4.40. The summed E-state index contributed by atoms with van der Waals surface area (Å²) in [6.45, 7) is 3.47. The van der Waals surface area contributed by atoms with E-state index >= 15 is 0 Å². The first kappa shape index (κ1) is 14.5. The molecule has 2 aromatic rings. The van der Waals surface area contributed by atoms with Crippen LogP contribution in [-0.4, -0.2) is 5.91 Å². The Morgan fingerprint density at radius 3 is 2.60 bits per heavy atom. The molecular formula is C16H15ClFNO. The summed E-state index contributed by atoms with van der Waals surface area (Å²) in [5.74, 6) is -0.603. The highest BCUT2D eigenvalue weighted by Gasteiger charge is 2.12. The van der Waals surface area contributed by atoms with Crippen LogP contribution in [-0.2, 0) is 0 Å². The minimum atomic E-state index is -0.323. The van der Waals surface area contributed by atoms with E-state index in [4.69, 9.17) is 11.6 Å². The minimum Gasteiger partial charge on any atom is -0.322 e. The van der Waals surface area contributed by atoms with Gasteiger partial charge < -0.3 is 5.32 Å². The zero-order valence-electron chi connectivity index (χ0n) is 11.3. The standard InChI is InChI=1S/C16H15ClFNO/c1-10-9-12(7-8-14(10)18)16(20)19-15-6-4-3-5-13(15)11(2)17/h3-9,11H,1-2H3,(H,19,20). The largest absolute Gasteiger partial charge is 0.322 e. The molecule has 20 heavy (non-hydrogen) atoms. The molecule has 1 amide bonds. The third kappa shape index (κ3) is 3.17. The van der Waals surface area contributed by atoms with Gasteiger partial charge in [0.05, 0.1) is 5.38 Å². The monoisotopic (exact) mass is 291 g/mol. The van der Waals surface area contributed by atoms with E-state index in [1.807, 2.05) is 25.1 Å². The van der Waals surface area contributed by atoms with Crippen molar-refractivity contribution >= 4 is 23.2 Å². The Morgan fingerprint density at radius 2 is 1.95 bits per heavy atom. The minimum absolute atomic E-state index is 0.207. The van der Waals surface area contributed by atoms with Crippen LogP contribution in [0.15, 0.2) is 42.5 Å². The van der Waals surface area contributed by atoms with Crippen LogP contribution < -0.4 is 5.32 Å². The number of hydrogen-bond donors (Lipinski definition) is 1. The lowest BCUT2D eigenvalue weighted by molar-refractivity contribution is 0.102. The van der Waals surface area contributed by atoms with Gasteiger partial charge >= 0.3 is 0 Å². The molecule has 0 aliphatic rings. The normalized spacial score (nSPS) is 12.0. The van der Waals surface area contributed by atoms with E-state index in [2.05, 4.69) is 5.32 Å². The summed E-state index contributed by atoms with van der Waals surface area (Å²) in [4.78, 5) is 12.2. The van der Waals surface area contributed by atoms with Crippen molar-refractivity contribution in [1.82, 2.24) is 0 Å². The fourth-order valence-corrected chi connectivity index (χ4v) is 2.13. The first-order valence-corrected chi connectivity index (χ1v) is 6.73. The molecule has 2 rings (SSSR count). The number of nitrogens with one attached hydrogen (secondary N) is 1. The molecule has 0 saturated heterocycles. The van der Waals surface area contributed by atoms with Crippen LogP contribution in [0.3, 0.4) is 0 Å². The molecule has 104 valence electrons. The van der Waals surface area contributed by atoms with Gasteiger partial charge in [0.25, 0.3) is 5.91 Å². The number of carbonyl (C=O) groups excluding carboxylic acids is 1. The number of anilines is 1. The van der Waals surface area contributed by atoms with Gasteiger partial charge in [0, 0.05) is 11.3 Å². The van der Waals surface area contributed by atoms with Crippen LogP contribution in [0.4, 0.5) is 10.1 Å². The second-order valence-electron chi connectivity index (χ2n) is 4.62. The number of benzene rings is 2. The van der Waals surface area contributed by atoms with Crippen molar-refractivity contribution in [3.63, 3.8) is 0 Å². The molecule has 0 spiro atoms. The average molecular weight is 292 g/mol. The Hall–Kier alpha value is -1.87. The average Bonchev–Trinajstić information content (AvgIpc) is 2.42. The molecule has 1 N–H and O–H groups in total. The second-order valence-corrected chi connectivity index (χ2v) is 5.28. The van der Waals surface area contributed by atoms with Crippen molar-refractivity contribution in [2.24, 2.45) is 0 Å². The van der Waals surface area contributed by atoms with E-state index in [0.29, 0.717) is 16.8 Å². The highest BCUT2D eigenvalue weighted by atomic mass is 35.5. The van der Waals surface area contributed by atoms with E-state index in [1.165, 1.54) is 18.2 Å². The smallest absolute Gasteiger partial charge is 0.255 e. The quantitative estimate of drug-likeness (QED) is 0.817. The van der Waals surface area contributed by atoms with E-state index in [-0.39, 0.29) is 17.1 Å². The maximum absolute atomic E-state index is 13.2. The number of hydrogen-bond acceptors (Lipinski definition) is 1. The van der Waals surface area contributed by atoms with Crippen molar-refractivity contribution in [1.29, 1.82) is 0 Å². The molecule has 2 nitrogen and oxygen atoms in total. The number of rotatable bonds is 3. The Bertz CT molecular complexity index is 640. The van der Waals surface area contributed by atoms with Gasteiger partial charge in [-0.15, -0.1) is 11.6 Å². The van der Waals surface area contributed by atoms with Crippen LogP contribution in [0.25, 0.3) is 0 Å². The van der Waals surface area contributed by atoms with Crippen LogP contribution in [0.5, 0.6) is 0 Å². The van der Waals surface area contributed by atoms with Crippen molar-refractivity contribution in [3.8, 4) is 0 Å². The zero-order valence-corrected chi connectivity index (χ0v) is 12.0. The molecule has 1 atom stereocenters. The summed E-state index contributed by atoms with van der Waals surface area (Å²) in [7, 11) is 0. The molecule has 0 aliphatic carbocycles. The molecule has 1 unspecified atom stereocenters. The molecule has 0 saturated carbocycles. The zero-order chi connectivity index (χ0) is 14.7. The molecule has 0 aromatic heterocycles. The van der Waals surface area contributed by atoms with E-state index in [1.54, 1.807) is 13.0 Å². The second kappa shape index (κ2) is 6.06. The van der Waals surface area contributed by atoms with Gasteiger partial charge in [-0.25, -0.2) is 4.39 Å². The highest BCUT2D eigenvalue weighted by Crippen LogP contribution is 2.27. The van der Waals surface area contributed by atoms with Gasteiger partial charge in [0.2, 0.25) is 0 Å². The molecule has 2 aromatic carbocycles. The first-order valence-electron chi connectivity index (χ1n) is 6.29. The maximum atomic E-state index is 13.2. The number of para-hydroxylation sites is 1. The predicted molar refractivity (Wildman–Crippen MR) is 79.8 cm³/mol. The third-order valence-corrected chi connectivity index (χ3v) is 3.29. The number of halogens is 2. The van der Waals surface area contributed by atoms with Gasteiger partial charge in [-0.3, -0.25) is 4.79 Å². The number of alkyl halides is 1. The van der Waals surface area contributed by atoms with Crippen molar-refractivity contribution < 1.29 is 9.18 Å². The van der Waals surface area contributed by atoms with Gasteiger partial charge in [-0.2, -0.15) is 0 Å². The first-order chi connectivity index (χ1) is 9.49. The Labute approximate surface area is 122 Å². The maximum Gasteiger partial charge on any atom is 0.255 e. The fraction of sp³-hybridized carbons (Fsp3) is 0.188. The molecule has 0 aliphatic heterocycles. The van der Waals surface area contributed by atoms with E-state index in [9.17, 15) is 9.18 Å². The van der Waals surface area contributed by atoms with Crippen LogP contribution >= 0.6 is 11.6 Å². The molecular weight excluding hydrogens is 277 g/mol. The summed E-state index contributed by atoms with van der Waals surface area (Å²) in [6, 6.07) is 11.6. The van der Waals surface area contributed by atoms with Crippen LogP contribution in [0.1, 0.15) is 33.8 Å². The number of carbonyl (C=O) groups is 1. The summed E-state index contributed by atoms with van der Waals surface area (Å²) >= 11 is 6.08. The Morgan fingerprint density at radius 1 is 1.25 bits per heavy atom. The van der Waals surface area contributed by atoms with Gasteiger partial charge in [0.15, 0.2) is 0 Å². The van der Waals surface area contributed by atoms with Gasteiger partial charge in [-0.05, 0) is 49.2 Å². The summed E-state index contributed by atoms with van der Waals surface area (Å²) in [5.41, 5.74) is 2.38. The third-order valence-electron chi connectivity index (χ3n) is 3.06. The topological polar surface area (TPSA) is 29.1 Å². The molecule has 0 bridgehead atoms. The van der Waals surface area contributed by atoms with Crippen LogP contribution in [0.2, 0.25) is 0 Å². The number of amides is 1. The van der Waals surface area contributed by atoms with E-state index in [0.717, 1.165) is 5.56 Å². The van der Waals surface area contributed by atoms with Crippen molar-refractivity contribution in [2.45, 2.75) is 19.2 Å². The molecule has 4 heteroatoms. The number of aryl methyl sites for hydroxylation is 1. The molecule has 0 radical (unpaired) electrons. The van der Waals surface area contributed by atoms with Gasteiger partial charge in [-0.1, -0.05) is 18.2 Å². The SMILES string of the molecule is Cc1cc(C(=O)Nc2ccccc2C(C)Cl)ccc1F. The lowest BCUT2D eigenvalue weighted by Gasteiger charge is -2.12. The molecule has 0 fully saturated rings. The van der Waals surface area contributed by atoms with Crippen molar-refractivity contribution in [2.75, 3.05) is 5.32 Å². The predicted octanol–water partition coefficient (Wildman–Crippen LogP) is 4.69. The highest BCUT2D eigenvalue weighted by molar-refractivity contribution is 6.21. The van der Waals surface area contributed by atoms with Gasteiger partial charge in [0.1, 0.15) is 5.82 Å². The fourth-order valence-electron chi connectivity index (χ4n) is 1.94. The summed E-state index contributed by atoms with van der Waals surface area (Å²) < 4.78 is 13.2. The summed E-state index contributed by atoms with van der Waals surface area (Å²) in [6.07, 6.45) is 0. The summed E-state index contributed by atoms with van der Waals surface area (Å²) in [5, 5.41) is 2.60. The lowest BCUT2D eigenvalue weighted by Crippen LogP contribution is -2.13. The Balaban J connectivity index is 2.26. The molecule has 0 heterocycles. The van der Waals surface area contributed by atoms with Crippen molar-refractivity contribution in [3.05, 3.63) is 65.0 Å².